The number of hydrogen-bond acceptors (Lipinski definition) is 3. The summed E-state index contributed by atoms with van der Waals surface area (Å²) in [6, 6.07) is 3.76. The fourth-order valence-electron chi connectivity index (χ4n) is 2.51. The van der Waals surface area contributed by atoms with Gasteiger partial charge in [0.1, 0.15) is 0 Å². The van der Waals surface area contributed by atoms with Gasteiger partial charge in [-0.05, 0) is 47.3 Å². The first-order valence-electron chi connectivity index (χ1n) is 6.98. The van der Waals surface area contributed by atoms with E-state index in [4.69, 9.17) is 0 Å². The van der Waals surface area contributed by atoms with E-state index < -0.39 is 0 Å². The van der Waals surface area contributed by atoms with Crippen molar-refractivity contribution in [1.82, 2.24) is 9.80 Å². The molecule has 2 aliphatic rings. The van der Waals surface area contributed by atoms with Gasteiger partial charge in [0.05, 0.1) is 8.66 Å². The first-order valence-corrected chi connectivity index (χ1v) is 8.59. The van der Waals surface area contributed by atoms with Crippen LogP contribution in [0.2, 0.25) is 0 Å². The van der Waals surface area contributed by atoms with E-state index in [1.165, 1.54) is 11.3 Å². The summed E-state index contributed by atoms with van der Waals surface area (Å²) >= 11 is 4.85. The molecule has 3 rings (SSSR count). The summed E-state index contributed by atoms with van der Waals surface area (Å²) in [5.41, 5.74) is 0. The maximum atomic E-state index is 12.4. The molecule has 0 radical (unpaired) electrons. The molecule has 1 aromatic heterocycles. The molecular formula is C14H17BrN2O2S. The van der Waals surface area contributed by atoms with E-state index >= 15 is 0 Å². The standard InChI is InChI=1S/C14H17BrN2O2S/c15-12-5-4-11(20-12)14(19)17-7-1-6-16(8-9-17)13(18)10-2-3-10/h4-5,10H,1-3,6-9H2. The Morgan fingerprint density at radius 2 is 1.80 bits per heavy atom. The van der Waals surface area contributed by atoms with Gasteiger partial charge < -0.3 is 9.80 Å². The molecule has 108 valence electrons. The lowest BCUT2D eigenvalue weighted by molar-refractivity contribution is -0.132. The molecule has 2 heterocycles. The lowest BCUT2D eigenvalue weighted by Crippen LogP contribution is -2.37. The van der Waals surface area contributed by atoms with Gasteiger partial charge in [-0.1, -0.05) is 0 Å². The molecule has 1 aliphatic carbocycles. The van der Waals surface area contributed by atoms with Gasteiger partial charge in [0.15, 0.2) is 0 Å². The van der Waals surface area contributed by atoms with Crippen molar-refractivity contribution >= 4 is 39.1 Å². The highest BCUT2D eigenvalue weighted by Crippen LogP contribution is 2.31. The number of carbonyl (C=O) groups excluding carboxylic acids is 2. The maximum Gasteiger partial charge on any atom is 0.264 e. The molecule has 1 saturated carbocycles. The van der Waals surface area contributed by atoms with E-state index in [2.05, 4.69) is 15.9 Å². The van der Waals surface area contributed by atoms with Crippen LogP contribution in [0.25, 0.3) is 0 Å². The largest absolute Gasteiger partial charge is 0.341 e. The Morgan fingerprint density at radius 1 is 1.10 bits per heavy atom. The van der Waals surface area contributed by atoms with E-state index in [0.29, 0.717) is 13.1 Å². The Bertz CT molecular complexity index is 527. The van der Waals surface area contributed by atoms with E-state index in [0.717, 1.165) is 41.0 Å². The van der Waals surface area contributed by atoms with Crippen molar-refractivity contribution in [3.63, 3.8) is 0 Å². The maximum absolute atomic E-state index is 12.4. The lowest BCUT2D eigenvalue weighted by Gasteiger charge is -2.21. The highest BCUT2D eigenvalue weighted by molar-refractivity contribution is 9.11. The zero-order valence-corrected chi connectivity index (χ0v) is 13.6. The highest BCUT2D eigenvalue weighted by Gasteiger charge is 2.34. The molecule has 4 nitrogen and oxygen atoms in total. The molecular weight excluding hydrogens is 340 g/mol. The minimum Gasteiger partial charge on any atom is -0.341 e. The quantitative estimate of drug-likeness (QED) is 0.816. The Labute approximate surface area is 130 Å². The molecule has 0 atom stereocenters. The first-order chi connectivity index (χ1) is 9.65. The fourth-order valence-corrected chi connectivity index (χ4v) is 3.87. The van der Waals surface area contributed by atoms with Crippen molar-refractivity contribution in [2.75, 3.05) is 26.2 Å². The van der Waals surface area contributed by atoms with Crippen LogP contribution in [0.15, 0.2) is 15.9 Å². The second-order valence-corrected chi connectivity index (χ2v) is 7.81. The Hall–Kier alpha value is -0.880. The number of carbonyl (C=O) groups is 2. The third-order valence-corrected chi connectivity index (χ3v) is 5.42. The Kier molecular flexibility index (Phi) is 4.12. The van der Waals surface area contributed by atoms with Gasteiger partial charge >= 0.3 is 0 Å². The molecule has 6 heteroatoms. The molecule has 20 heavy (non-hydrogen) atoms. The van der Waals surface area contributed by atoms with Crippen molar-refractivity contribution in [2.45, 2.75) is 19.3 Å². The molecule has 1 aliphatic heterocycles. The Balaban J connectivity index is 1.61. The van der Waals surface area contributed by atoms with Crippen molar-refractivity contribution in [1.29, 1.82) is 0 Å². The summed E-state index contributed by atoms with van der Waals surface area (Å²) in [6.45, 7) is 2.84. The molecule has 0 bridgehead atoms. The normalized spacial score (nSPS) is 19.9. The number of halogens is 1. The van der Waals surface area contributed by atoms with Crippen molar-refractivity contribution in [2.24, 2.45) is 5.92 Å². The van der Waals surface area contributed by atoms with Crippen LogP contribution in [-0.4, -0.2) is 47.8 Å². The molecule has 0 unspecified atom stereocenters. The van der Waals surface area contributed by atoms with Gasteiger partial charge in [0, 0.05) is 32.1 Å². The second-order valence-electron chi connectivity index (χ2n) is 5.35. The van der Waals surface area contributed by atoms with Crippen molar-refractivity contribution in [3.05, 3.63) is 20.8 Å². The van der Waals surface area contributed by atoms with E-state index in [1.807, 2.05) is 21.9 Å². The lowest BCUT2D eigenvalue weighted by atomic mass is 10.3. The summed E-state index contributed by atoms with van der Waals surface area (Å²) in [7, 11) is 0. The van der Waals surface area contributed by atoms with Crippen LogP contribution in [0, 0.1) is 5.92 Å². The fraction of sp³-hybridized carbons (Fsp3) is 0.571. The SMILES string of the molecule is O=C(c1ccc(Br)s1)N1CCCN(C(=O)C2CC2)CC1. The van der Waals surface area contributed by atoms with E-state index in [-0.39, 0.29) is 17.7 Å². The van der Waals surface area contributed by atoms with Gasteiger partial charge in [0.2, 0.25) is 5.91 Å². The average Bonchev–Trinajstić information content (AvgIpc) is 3.23. The summed E-state index contributed by atoms with van der Waals surface area (Å²) in [5.74, 6) is 0.644. The summed E-state index contributed by atoms with van der Waals surface area (Å²) in [4.78, 5) is 29.1. The average molecular weight is 357 g/mol. The summed E-state index contributed by atoms with van der Waals surface area (Å²) < 4.78 is 0.973. The van der Waals surface area contributed by atoms with Gasteiger partial charge in [-0.25, -0.2) is 0 Å². The van der Waals surface area contributed by atoms with Crippen LogP contribution in [0.1, 0.15) is 28.9 Å². The zero-order chi connectivity index (χ0) is 14.1. The van der Waals surface area contributed by atoms with Crippen LogP contribution in [0.4, 0.5) is 0 Å². The number of hydrogen-bond donors (Lipinski definition) is 0. The second kappa shape index (κ2) is 5.85. The smallest absolute Gasteiger partial charge is 0.264 e. The van der Waals surface area contributed by atoms with Crippen LogP contribution in [0.3, 0.4) is 0 Å². The zero-order valence-electron chi connectivity index (χ0n) is 11.2. The number of nitrogens with zero attached hydrogens (tertiary/aromatic N) is 2. The van der Waals surface area contributed by atoms with Crippen LogP contribution in [0.5, 0.6) is 0 Å². The Morgan fingerprint density at radius 3 is 2.45 bits per heavy atom. The molecule has 1 aromatic rings. The predicted octanol–water partition coefficient (Wildman–Crippen LogP) is 2.60. The van der Waals surface area contributed by atoms with Gasteiger partial charge in [0.25, 0.3) is 5.91 Å². The van der Waals surface area contributed by atoms with Gasteiger partial charge in [-0.2, -0.15) is 0 Å². The molecule has 0 aromatic carbocycles. The van der Waals surface area contributed by atoms with E-state index in [1.54, 1.807) is 0 Å². The predicted molar refractivity (Wildman–Crippen MR) is 81.8 cm³/mol. The van der Waals surface area contributed by atoms with Crippen molar-refractivity contribution < 1.29 is 9.59 Å². The van der Waals surface area contributed by atoms with Crippen LogP contribution >= 0.6 is 27.3 Å². The molecule has 2 fully saturated rings. The highest BCUT2D eigenvalue weighted by atomic mass is 79.9. The third kappa shape index (κ3) is 3.06. The molecule has 1 saturated heterocycles. The van der Waals surface area contributed by atoms with Crippen molar-refractivity contribution in [3.8, 4) is 0 Å². The van der Waals surface area contributed by atoms with Gasteiger partial charge in [-0.3, -0.25) is 9.59 Å². The molecule has 0 spiro atoms. The van der Waals surface area contributed by atoms with E-state index in [9.17, 15) is 9.59 Å². The number of rotatable bonds is 2. The van der Waals surface area contributed by atoms with Crippen LogP contribution in [-0.2, 0) is 4.79 Å². The monoisotopic (exact) mass is 356 g/mol. The van der Waals surface area contributed by atoms with Crippen LogP contribution < -0.4 is 0 Å². The first kappa shape index (κ1) is 14.1. The topological polar surface area (TPSA) is 40.6 Å². The molecule has 0 N–H and O–H groups in total. The number of thiophene rings is 1. The minimum atomic E-state index is 0.0846. The third-order valence-electron chi connectivity index (χ3n) is 3.81. The summed E-state index contributed by atoms with van der Waals surface area (Å²) in [6.07, 6.45) is 2.96. The minimum absolute atomic E-state index is 0.0846. The van der Waals surface area contributed by atoms with Gasteiger partial charge in [-0.15, -0.1) is 11.3 Å². The number of amides is 2. The summed E-state index contributed by atoms with van der Waals surface area (Å²) in [5, 5.41) is 0. The molecule has 2 amide bonds.